The first-order valence-electron chi connectivity index (χ1n) is 12.7. The Morgan fingerprint density at radius 3 is 1.81 bits per heavy atom. The average molecular weight is 437 g/mol. The van der Waals surface area contributed by atoms with Crippen LogP contribution in [0.3, 0.4) is 0 Å². The molecule has 32 heavy (non-hydrogen) atoms. The molecule has 0 saturated carbocycles. The number of aryl methyl sites for hydroxylation is 1. The van der Waals surface area contributed by atoms with E-state index in [4.69, 9.17) is 4.74 Å². The first kappa shape index (κ1) is 26.1. The van der Waals surface area contributed by atoms with Crippen molar-refractivity contribution in [1.82, 2.24) is 0 Å². The van der Waals surface area contributed by atoms with E-state index in [1.54, 1.807) is 0 Å². The van der Waals surface area contributed by atoms with Gasteiger partial charge < -0.3 is 4.74 Å². The van der Waals surface area contributed by atoms with Gasteiger partial charge in [0.05, 0.1) is 18.0 Å². The van der Waals surface area contributed by atoms with Gasteiger partial charge in [0.1, 0.15) is 5.75 Å². The third kappa shape index (κ3) is 9.97. The summed E-state index contributed by atoms with van der Waals surface area (Å²) in [6, 6.07) is 14.3. The molecule has 3 heteroatoms. The molecule has 2 aromatic rings. The maximum atomic E-state index is 6.19. The molecule has 0 heterocycles. The molecule has 0 atom stereocenters. The Morgan fingerprint density at radius 2 is 1.22 bits per heavy atom. The predicted molar refractivity (Wildman–Crippen MR) is 138 cm³/mol. The fraction of sp³-hybridized carbons (Fsp3) is 0.586. The summed E-state index contributed by atoms with van der Waals surface area (Å²) in [5.74, 6) is 0.975. The van der Waals surface area contributed by atoms with E-state index in [-0.39, 0.29) is 5.41 Å². The molecule has 0 aliphatic heterocycles. The van der Waals surface area contributed by atoms with Crippen LogP contribution < -0.4 is 4.74 Å². The van der Waals surface area contributed by atoms with Crippen LogP contribution in [0.25, 0.3) is 0 Å². The summed E-state index contributed by atoms with van der Waals surface area (Å²) >= 11 is 0. The molecule has 0 spiro atoms. The maximum Gasteiger partial charge on any atom is 0.123 e. The molecular formula is C29H44N2O. The van der Waals surface area contributed by atoms with Crippen molar-refractivity contribution in [2.24, 2.45) is 10.2 Å². The molecule has 0 aromatic heterocycles. The van der Waals surface area contributed by atoms with E-state index in [9.17, 15) is 0 Å². The quantitative estimate of drug-likeness (QED) is 0.214. The van der Waals surface area contributed by atoms with Gasteiger partial charge in [0.25, 0.3) is 0 Å². The smallest absolute Gasteiger partial charge is 0.123 e. The molecule has 0 amide bonds. The minimum atomic E-state index is -0.0114. The zero-order chi connectivity index (χ0) is 23.2. The van der Waals surface area contributed by atoms with E-state index >= 15 is 0 Å². The van der Waals surface area contributed by atoms with Crippen LogP contribution in [-0.4, -0.2) is 6.61 Å². The summed E-state index contributed by atoms with van der Waals surface area (Å²) in [7, 11) is 0. The van der Waals surface area contributed by atoms with E-state index in [0.29, 0.717) is 0 Å². The van der Waals surface area contributed by atoms with Crippen LogP contribution in [0, 0.1) is 6.92 Å². The highest BCUT2D eigenvalue weighted by molar-refractivity contribution is 5.50. The Kier molecular flexibility index (Phi) is 11.5. The second-order valence-electron chi connectivity index (χ2n) is 10.00. The number of hydrogen-bond acceptors (Lipinski definition) is 3. The third-order valence-corrected chi connectivity index (χ3v) is 5.84. The first-order chi connectivity index (χ1) is 15.4. The summed E-state index contributed by atoms with van der Waals surface area (Å²) < 4.78 is 6.19. The molecule has 0 saturated heterocycles. The second kappa shape index (κ2) is 14.1. The molecule has 0 unspecified atom stereocenters. The van der Waals surface area contributed by atoms with Crippen LogP contribution >= 0.6 is 0 Å². The zero-order valence-corrected chi connectivity index (χ0v) is 21.1. The zero-order valence-electron chi connectivity index (χ0n) is 21.1. The lowest BCUT2D eigenvalue weighted by molar-refractivity contribution is 0.296. The molecule has 0 aliphatic carbocycles. The molecule has 0 aliphatic rings. The normalized spacial score (nSPS) is 11.9. The highest BCUT2D eigenvalue weighted by Crippen LogP contribution is 2.35. The highest BCUT2D eigenvalue weighted by atomic mass is 16.5. The molecule has 0 radical (unpaired) electrons. The third-order valence-electron chi connectivity index (χ3n) is 5.84. The van der Waals surface area contributed by atoms with Crippen molar-refractivity contribution in [2.45, 2.75) is 104 Å². The lowest BCUT2D eigenvalue weighted by atomic mass is 9.86. The van der Waals surface area contributed by atoms with Crippen molar-refractivity contribution in [3.8, 4) is 5.75 Å². The van der Waals surface area contributed by atoms with Crippen molar-refractivity contribution >= 4 is 11.4 Å². The number of unbranched alkanes of at least 4 members (excludes halogenated alkanes) is 9. The molecular weight excluding hydrogens is 392 g/mol. The number of benzene rings is 2. The highest BCUT2D eigenvalue weighted by Gasteiger charge is 2.19. The van der Waals surface area contributed by atoms with Gasteiger partial charge in [-0.3, -0.25) is 0 Å². The van der Waals surface area contributed by atoms with E-state index < -0.39 is 0 Å². The topological polar surface area (TPSA) is 34.0 Å². The van der Waals surface area contributed by atoms with Crippen molar-refractivity contribution in [2.75, 3.05) is 6.61 Å². The van der Waals surface area contributed by atoms with Gasteiger partial charge in [-0.1, -0.05) is 103 Å². The van der Waals surface area contributed by atoms with Gasteiger partial charge in [-0.05, 0) is 49.1 Å². The van der Waals surface area contributed by atoms with Crippen LogP contribution in [0.4, 0.5) is 11.4 Å². The van der Waals surface area contributed by atoms with Crippen molar-refractivity contribution in [1.29, 1.82) is 0 Å². The molecule has 0 fully saturated rings. The van der Waals surface area contributed by atoms with Gasteiger partial charge in [-0.15, -0.1) is 0 Å². The number of rotatable bonds is 14. The fourth-order valence-corrected chi connectivity index (χ4v) is 3.79. The van der Waals surface area contributed by atoms with E-state index in [2.05, 4.69) is 69.1 Å². The summed E-state index contributed by atoms with van der Waals surface area (Å²) in [6.45, 7) is 11.8. The Labute approximate surface area is 196 Å². The SMILES string of the molecule is CCCCCCCCCCCCOc1ccc(/N=N/c2ccc(C)cc2)cc1C(C)(C)C. The van der Waals surface area contributed by atoms with Gasteiger partial charge in [0.15, 0.2) is 0 Å². The van der Waals surface area contributed by atoms with Crippen LogP contribution in [0.1, 0.15) is 103 Å². The Bertz CT molecular complexity index is 803. The maximum absolute atomic E-state index is 6.19. The Morgan fingerprint density at radius 1 is 0.688 bits per heavy atom. The van der Waals surface area contributed by atoms with Crippen LogP contribution in [-0.2, 0) is 5.41 Å². The molecule has 176 valence electrons. The van der Waals surface area contributed by atoms with Gasteiger partial charge in [0, 0.05) is 5.56 Å². The van der Waals surface area contributed by atoms with Crippen LogP contribution in [0.15, 0.2) is 52.7 Å². The molecule has 3 nitrogen and oxygen atoms in total. The lowest BCUT2D eigenvalue weighted by Gasteiger charge is -2.23. The molecule has 2 rings (SSSR count). The summed E-state index contributed by atoms with van der Waals surface area (Å²) in [6.07, 6.45) is 13.4. The van der Waals surface area contributed by atoms with E-state index in [1.165, 1.54) is 68.9 Å². The first-order valence-corrected chi connectivity index (χ1v) is 12.7. The number of nitrogens with zero attached hydrogens (tertiary/aromatic N) is 2. The average Bonchev–Trinajstić information content (AvgIpc) is 2.77. The van der Waals surface area contributed by atoms with E-state index in [0.717, 1.165) is 30.2 Å². The van der Waals surface area contributed by atoms with Crippen molar-refractivity contribution in [3.05, 3.63) is 53.6 Å². The van der Waals surface area contributed by atoms with Crippen molar-refractivity contribution in [3.63, 3.8) is 0 Å². The standard InChI is InChI=1S/C29H44N2O/c1-6-7-8-9-10-11-12-13-14-15-22-32-28-21-20-26(23-27(28)29(3,4)5)31-30-25-18-16-24(2)17-19-25/h16-21,23H,6-15,22H2,1-5H3/b31-30+. The van der Waals surface area contributed by atoms with Crippen LogP contribution in [0.5, 0.6) is 5.75 Å². The molecule has 2 aromatic carbocycles. The lowest BCUT2D eigenvalue weighted by Crippen LogP contribution is -2.13. The molecule has 0 N–H and O–H groups in total. The monoisotopic (exact) mass is 436 g/mol. The summed E-state index contributed by atoms with van der Waals surface area (Å²) in [4.78, 5) is 0. The number of hydrogen-bond donors (Lipinski definition) is 0. The molecule has 0 bridgehead atoms. The van der Waals surface area contributed by atoms with E-state index in [1.807, 2.05) is 18.2 Å². The number of azo groups is 1. The Balaban J connectivity index is 1.80. The van der Waals surface area contributed by atoms with Gasteiger partial charge in [0.2, 0.25) is 0 Å². The predicted octanol–water partition coefficient (Wildman–Crippen LogP) is 10.0. The van der Waals surface area contributed by atoms with Crippen LogP contribution in [0.2, 0.25) is 0 Å². The minimum Gasteiger partial charge on any atom is -0.493 e. The minimum absolute atomic E-state index is 0.0114. The number of ether oxygens (including phenoxy) is 1. The summed E-state index contributed by atoms with van der Waals surface area (Å²) in [5.41, 5.74) is 4.13. The Hall–Kier alpha value is -2.16. The van der Waals surface area contributed by atoms with Gasteiger partial charge >= 0.3 is 0 Å². The van der Waals surface area contributed by atoms with Gasteiger partial charge in [-0.25, -0.2) is 0 Å². The van der Waals surface area contributed by atoms with Gasteiger partial charge in [-0.2, -0.15) is 10.2 Å². The second-order valence-corrected chi connectivity index (χ2v) is 10.00. The largest absolute Gasteiger partial charge is 0.493 e. The van der Waals surface area contributed by atoms with Crippen molar-refractivity contribution < 1.29 is 4.74 Å². The fourth-order valence-electron chi connectivity index (χ4n) is 3.79. The summed E-state index contributed by atoms with van der Waals surface area (Å²) in [5, 5.41) is 8.84.